The smallest absolute Gasteiger partial charge is 0.269 e. The molecule has 1 saturated heterocycles. The highest BCUT2D eigenvalue weighted by Crippen LogP contribution is 2.21. The Balaban J connectivity index is 1.44. The van der Waals surface area contributed by atoms with Crippen LogP contribution in [-0.2, 0) is 14.8 Å². The highest BCUT2D eigenvalue weighted by molar-refractivity contribution is 7.89. The Morgan fingerprint density at radius 2 is 1.81 bits per heavy atom. The minimum Gasteiger partial charge on any atom is -0.369 e. The number of benzene rings is 2. The van der Waals surface area contributed by atoms with Crippen molar-refractivity contribution in [2.75, 3.05) is 43.4 Å². The second kappa shape index (κ2) is 10.6. The molecule has 0 saturated carbocycles. The van der Waals surface area contributed by atoms with E-state index >= 15 is 0 Å². The molecular weight excluding hydrogens is 456 g/mol. The molecule has 1 aliphatic rings. The van der Waals surface area contributed by atoms with E-state index in [1.807, 2.05) is 18.2 Å². The fourth-order valence-corrected chi connectivity index (χ4v) is 4.79. The number of amides is 1. The number of nitrogens with zero attached hydrogens (tertiary/aromatic N) is 3. The molecule has 1 N–H and O–H groups in total. The highest BCUT2D eigenvalue weighted by atomic mass is 35.5. The van der Waals surface area contributed by atoms with Crippen molar-refractivity contribution in [3.63, 3.8) is 0 Å². The first-order valence-electron chi connectivity index (χ1n) is 9.93. The number of carbonyl (C=O) groups is 1. The summed E-state index contributed by atoms with van der Waals surface area (Å²) in [5.74, 6) is -0.634. The number of piperazine rings is 1. The van der Waals surface area contributed by atoms with Crippen LogP contribution in [-0.4, -0.2) is 62.0 Å². The van der Waals surface area contributed by atoms with Crippen LogP contribution < -0.4 is 10.2 Å². The van der Waals surface area contributed by atoms with Crippen molar-refractivity contribution >= 4 is 45.0 Å². The van der Waals surface area contributed by atoms with Crippen LogP contribution in [0.5, 0.6) is 0 Å². The molecule has 32 heavy (non-hydrogen) atoms. The number of carbonyl (C=O) groups excluding carboxylic acids is 1. The zero-order valence-electron chi connectivity index (χ0n) is 17.2. The predicted octanol–water partition coefficient (Wildman–Crippen LogP) is 2.53. The first-order chi connectivity index (χ1) is 15.2. The van der Waals surface area contributed by atoms with Crippen molar-refractivity contribution in [3.05, 3.63) is 75.3 Å². The van der Waals surface area contributed by atoms with E-state index in [2.05, 4.69) is 10.2 Å². The molecule has 1 amide bonds. The standard InChI is InChI=1S/C21H23ClN4O5S/c22-18-2-1-3-20(16-18)24-11-13-25(14-12-24)32(30,31)15-10-23-21(27)9-6-17-4-7-19(8-5-17)26(28)29/h1-9,16H,10-15H2,(H,23,27)/b9-6+. The van der Waals surface area contributed by atoms with Crippen molar-refractivity contribution in [2.45, 2.75) is 0 Å². The number of nitro benzene ring substituents is 1. The molecule has 1 heterocycles. The number of hydrogen-bond donors (Lipinski definition) is 1. The molecule has 9 nitrogen and oxygen atoms in total. The molecule has 0 radical (unpaired) electrons. The van der Waals surface area contributed by atoms with Crippen LogP contribution >= 0.6 is 11.6 Å². The van der Waals surface area contributed by atoms with Gasteiger partial charge in [0.15, 0.2) is 0 Å². The summed E-state index contributed by atoms with van der Waals surface area (Å²) >= 11 is 6.03. The van der Waals surface area contributed by atoms with Gasteiger partial charge in [0.2, 0.25) is 15.9 Å². The van der Waals surface area contributed by atoms with Crippen LogP contribution in [0.3, 0.4) is 0 Å². The van der Waals surface area contributed by atoms with Gasteiger partial charge >= 0.3 is 0 Å². The first kappa shape index (κ1) is 23.7. The topological polar surface area (TPSA) is 113 Å². The fourth-order valence-electron chi connectivity index (χ4n) is 3.27. The van der Waals surface area contributed by atoms with Crippen molar-refractivity contribution in [1.29, 1.82) is 0 Å². The number of hydrogen-bond acceptors (Lipinski definition) is 6. The van der Waals surface area contributed by atoms with E-state index in [0.717, 1.165) is 5.69 Å². The second-order valence-electron chi connectivity index (χ2n) is 7.15. The van der Waals surface area contributed by atoms with Crippen LogP contribution in [0.2, 0.25) is 5.02 Å². The third kappa shape index (κ3) is 6.52. The van der Waals surface area contributed by atoms with Gasteiger partial charge in [0, 0.05) is 61.6 Å². The van der Waals surface area contributed by atoms with E-state index in [4.69, 9.17) is 11.6 Å². The van der Waals surface area contributed by atoms with Gasteiger partial charge in [0.1, 0.15) is 0 Å². The SMILES string of the molecule is O=C(/C=C/c1ccc([N+](=O)[O-])cc1)NCCS(=O)(=O)N1CCN(c2cccc(Cl)c2)CC1. The van der Waals surface area contributed by atoms with E-state index in [-0.39, 0.29) is 18.0 Å². The quantitative estimate of drug-likeness (QED) is 0.354. The van der Waals surface area contributed by atoms with Gasteiger partial charge in [-0.3, -0.25) is 14.9 Å². The Kier molecular flexibility index (Phi) is 7.84. The minimum atomic E-state index is -3.49. The fraction of sp³-hybridized carbons (Fsp3) is 0.286. The maximum Gasteiger partial charge on any atom is 0.269 e. The maximum absolute atomic E-state index is 12.6. The molecule has 11 heteroatoms. The third-order valence-electron chi connectivity index (χ3n) is 5.00. The Labute approximate surface area is 191 Å². The molecule has 2 aromatic rings. The average molecular weight is 479 g/mol. The average Bonchev–Trinajstić information content (AvgIpc) is 2.78. The Morgan fingerprint density at radius 1 is 1.12 bits per heavy atom. The number of sulfonamides is 1. The number of rotatable bonds is 8. The van der Waals surface area contributed by atoms with Gasteiger partial charge in [-0.05, 0) is 42.0 Å². The Morgan fingerprint density at radius 3 is 2.44 bits per heavy atom. The second-order valence-corrected chi connectivity index (χ2v) is 9.68. The van der Waals surface area contributed by atoms with Gasteiger partial charge < -0.3 is 10.2 Å². The molecule has 1 aliphatic heterocycles. The lowest BCUT2D eigenvalue weighted by atomic mass is 10.2. The van der Waals surface area contributed by atoms with E-state index in [0.29, 0.717) is 36.8 Å². The molecule has 0 aliphatic carbocycles. The van der Waals surface area contributed by atoms with Gasteiger partial charge in [-0.2, -0.15) is 4.31 Å². The summed E-state index contributed by atoms with van der Waals surface area (Å²) in [6.45, 7) is 1.83. The van der Waals surface area contributed by atoms with Gasteiger partial charge in [-0.25, -0.2) is 8.42 Å². The van der Waals surface area contributed by atoms with E-state index in [1.165, 1.54) is 40.7 Å². The summed E-state index contributed by atoms with van der Waals surface area (Å²) in [7, 11) is -3.49. The zero-order chi connectivity index (χ0) is 23.1. The van der Waals surface area contributed by atoms with Crippen molar-refractivity contribution in [3.8, 4) is 0 Å². The van der Waals surface area contributed by atoms with Gasteiger partial charge in [-0.15, -0.1) is 0 Å². The number of halogens is 1. The normalized spacial score (nSPS) is 15.1. The maximum atomic E-state index is 12.6. The molecule has 0 aromatic heterocycles. The lowest BCUT2D eigenvalue weighted by Crippen LogP contribution is -2.50. The molecular formula is C21H23ClN4O5S. The molecule has 3 rings (SSSR count). The summed E-state index contributed by atoms with van der Waals surface area (Å²) in [6, 6.07) is 13.2. The zero-order valence-corrected chi connectivity index (χ0v) is 18.8. The monoisotopic (exact) mass is 478 g/mol. The number of anilines is 1. The molecule has 1 fully saturated rings. The summed E-state index contributed by atoms with van der Waals surface area (Å²) in [6.07, 6.45) is 2.76. The van der Waals surface area contributed by atoms with E-state index in [1.54, 1.807) is 6.07 Å². The third-order valence-corrected chi connectivity index (χ3v) is 7.10. The lowest BCUT2D eigenvalue weighted by molar-refractivity contribution is -0.384. The van der Waals surface area contributed by atoms with Crippen LogP contribution in [0.4, 0.5) is 11.4 Å². The molecule has 2 aromatic carbocycles. The van der Waals surface area contributed by atoms with Crippen molar-refractivity contribution in [2.24, 2.45) is 0 Å². The summed E-state index contributed by atoms with van der Waals surface area (Å²) < 4.78 is 26.6. The van der Waals surface area contributed by atoms with E-state index in [9.17, 15) is 23.3 Å². The van der Waals surface area contributed by atoms with E-state index < -0.39 is 20.9 Å². The molecule has 0 spiro atoms. The van der Waals surface area contributed by atoms with Gasteiger partial charge in [0.25, 0.3) is 5.69 Å². The van der Waals surface area contributed by atoms with Crippen LogP contribution in [0.15, 0.2) is 54.6 Å². The summed E-state index contributed by atoms with van der Waals surface area (Å²) in [4.78, 5) is 24.2. The largest absolute Gasteiger partial charge is 0.369 e. The Bertz CT molecular complexity index is 1100. The Hall–Kier alpha value is -2.95. The van der Waals surface area contributed by atoms with Crippen molar-refractivity contribution < 1.29 is 18.1 Å². The summed E-state index contributed by atoms with van der Waals surface area (Å²) in [5, 5.41) is 13.8. The summed E-state index contributed by atoms with van der Waals surface area (Å²) in [5.41, 5.74) is 1.54. The first-order valence-corrected chi connectivity index (χ1v) is 11.9. The molecule has 0 atom stereocenters. The number of nitrogens with one attached hydrogen (secondary N) is 1. The highest BCUT2D eigenvalue weighted by Gasteiger charge is 2.26. The van der Waals surface area contributed by atoms with Gasteiger partial charge in [-0.1, -0.05) is 17.7 Å². The molecule has 170 valence electrons. The number of nitro groups is 1. The van der Waals surface area contributed by atoms with Crippen LogP contribution in [0.25, 0.3) is 6.08 Å². The minimum absolute atomic E-state index is 0.0136. The number of non-ortho nitro benzene ring substituents is 1. The molecule has 0 bridgehead atoms. The molecule has 0 unspecified atom stereocenters. The van der Waals surface area contributed by atoms with Gasteiger partial charge in [0.05, 0.1) is 10.7 Å². The van der Waals surface area contributed by atoms with Crippen LogP contribution in [0, 0.1) is 10.1 Å². The van der Waals surface area contributed by atoms with Crippen molar-refractivity contribution in [1.82, 2.24) is 9.62 Å². The van der Waals surface area contributed by atoms with Crippen LogP contribution in [0.1, 0.15) is 5.56 Å². The predicted molar refractivity (Wildman–Crippen MR) is 124 cm³/mol. The lowest BCUT2D eigenvalue weighted by Gasteiger charge is -2.35.